The molecule has 98 valence electrons. The van der Waals surface area contributed by atoms with E-state index in [9.17, 15) is 9.59 Å². The fraction of sp³-hybridized carbons (Fsp3) is 0.429. The van der Waals surface area contributed by atoms with E-state index in [-0.39, 0.29) is 23.7 Å². The van der Waals surface area contributed by atoms with Crippen molar-refractivity contribution < 1.29 is 9.59 Å². The van der Waals surface area contributed by atoms with Gasteiger partial charge in [0.05, 0.1) is 6.54 Å². The second-order valence-corrected chi connectivity index (χ2v) is 6.36. The van der Waals surface area contributed by atoms with E-state index in [2.05, 4.69) is 21.2 Å². The van der Waals surface area contributed by atoms with Crippen molar-refractivity contribution >= 4 is 27.6 Å². The molecule has 1 amide bonds. The Bertz CT molecular complexity index is 432. The van der Waals surface area contributed by atoms with Crippen LogP contribution >= 0.6 is 15.9 Å². The molecule has 0 heterocycles. The largest absolute Gasteiger partial charge is 0.349 e. The zero-order chi connectivity index (χ0) is 13.8. The van der Waals surface area contributed by atoms with Crippen molar-refractivity contribution in [3.05, 3.63) is 34.3 Å². The number of ketones is 1. The Morgan fingerprint density at radius 2 is 1.72 bits per heavy atom. The summed E-state index contributed by atoms with van der Waals surface area (Å²) in [7, 11) is 0. The number of hydrogen-bond donors (Lipinski definition) is 1. The molecule has 0 atom stereocenters. The molecule has 0 saturated carbocycles. The molecule has 0 aliphatic heterocycles. The van der Waals surface area contributed by atoms with Crippen LogP contribution in [0.25, 0.3) is 0 Å². The Morgan fingerprint density at radius 1 is 1.17 bits per heavy atom. The zero-order valence-corrected chi connectivity index (χ0v) is 12.5. The quantitative estimate of drug-likeness (QED) is 0.868. The first-order chi connectivity index (χ1) is 8.28. The summed E-state index contributed by atoms with van der Waals surface area (Å²) in [5.41, 5.74) is 0.541. The molecular weight excluding hydrogens is 294 g/mol. The highest BCUT2D eigenvalue weighted by molar-refractivity contribution is 9.10. The van der Waals surface area contributed by atoms with Crippen molar-refractivity contribution in [3.63, 3.8) is 0 Å². The highest BCUT2D eigenvalue weighted by Crippen LogP contribution is 2.17. The SMILES string of the molecule is CC(C)(C)CC(=O)NCC(=O)c1ccc(Br)cc1. The summed E-state index contributed by atoms with van der Waals surface area (Å²) in [6.07, 6.45) is 0.417. The lowest BCUT2D eigenvalue weighted by Gasteiger charge is -2.17. The third-order valence-electron chi connectivity index (χ3n) is 2.30. The molecule has 0 fully saturated rings. The van der Waals surface area contributed by atoms with Crippen molar-refractivity contribution in [3.8, 4) is 0 Å². The molecule has 0 aromatic heterocycles. The van der Waals surface area contributed by atoms with Crippen LogP contribution in [-0.2, 0) is 4.79 Å². The van der Waals surface area contributed by atoms with Crippen LogP contribution in [0.3, 0.4) is 0 Å². The van der Waals surface area contributed by atoms with E-state index in [0.29, 0.717) is 12.0 Å². The van der Waals surface area contributed by atoms with E-state index in [1.165, 1.54) is 0 Å². The lowest BCUT2D eigenvalue weighted by atomic mass is 9.92. The van der Waals surface area contributed by atoms with Crippen molar-refractivity contribution in [1.29, 1.82) is 0 Å². The standard InChI is InChI=1S/C14H18BrNO2/c1-14(2,3)8-13(18)16-9-12(17)10-4-6-11(15)7-5-10/h4-7H,8-9H2,1-3H3,(H,16,18). The third-order valence-corrected chi connectivity index (χ3v) is 2.83. The van der Waals surface area contributed by atoms with Gasteiger partial charge < -0.3 is 5.32 Å². The molecule has 0 aliphatic carbocycles. The van der Waals surface area contributed by atoms with Crippen LogP contribution in [0.1, 0.15) is 37.6 Å². The number of benzene rings is 1. The van der Waals surface area contributed by atoms with Gasteiger partial charge in [-0.25, -0.2) is 0 Å². The van der Waals surface area contributed by atoms with Gasteiger partial charge in [0, 0.05) is 16.5 Å². The summed E-state index contributed by atoms with van der Waals surface area (Å²) in [6, 6.07) is 7.10. The Morgan fingerprint density at radius 3 is 2.22 bits per heavy atom. The van der Waals surface area contributed by atoms with Crippen LogP contribution in [0, 0.1) is 5.41 Å². The number of carbonyl (C=O) groups excluding carboxylic acids is 2. The fourth-order valence-electron chi connectivity index (χ4n) is 1.46. The summed E-state index contributed by atoms with van der Waals surface area (Å²) in [5.74, 6) is -0.169. The second kappa shape index (κ2) is 6.14. The molecule has 0 radical (unpaired) electrons. The molecule has 1 rings (SSSR count). The third kappa shape index (κ3) is 5.45. The van der Waals surface area contributed by atoms with Crippen LogP contribution in [-0.4, -0.2) is 18.2 Å². The first-order valence-corrected chi connectivity index (χ1v) is 6.63. The van der Waals surface area contributed by atoms with Crippen LogP contribution in [0.15, 0.2) is 28.7 Å². The minimum absolute atomic E-state index is 0.0521. The van der Waals surface area contributed by atoms with Crippen molar-refractivity contribution in [2.24, 2.45) is 5.41 Å². The molecule has 0 spiro atoms. The molecule has 0 saturated heterocycles. The Balaban J connectivity index is 2.47. The molecule has 0 bridgehead atoms. The average molecular weight is 312 g/mol. The Kier molecular flexibility index (Phi) is 5.08. The van der Waals surface area contributed by atoms with Crippen molar-refractivity contribution in [2.75, 3.05) is 6.54 Å². The minimum atomic E-state index is -0.0899. The molecule has 3 nitrogen and oxygen atoms in total. The molecule has 0 aliphatic rings. The maximum absolute atomic E-state index is 11.8. The van der Waals surface area contributed by atoms with Gasteiger partial charge in [-0.2, -0.15) is 0 Å². The number of rotatable bonds is 4. The number of hydrogen-bond acceptors (Lipinski definition) is 2. The fourth-order valence-corrected chi connectivity index (χ4v) is 1.73. The van der Waals surface area contributed by atoms with E-state index in [1.54, 1.807) is 12.1 Å². The summed E-state index contributed by atoms with van der Waals surface area (Å²) in [4.78, 5) is 23.4. The zero-order valence-electron chi connectivity index (χ0n) is 10.9. The minimum Gasteiger partial charge on any atom is -0.349 e. The first kappa shape index (κ1) is 14.9. The number of halogens is 1. The lowest BCUT2D eigenvalue weighted by Crippen LogP contribution is -2.32. The van der Waals surface area contributed by atoms with Crippen LogP contribution in [0.2, 0.25) is 0 Å². The number of nitrogens with one attached hydrogen (secondary N) is 1. The molecule has 4 heteroatoms. The number of amides is 1. The molecule has 1 N–H and O–H groups in total. The predicted molar refractivity (Wildman–Crippen MR) is 75.6 cm³/mol. The topological polar surface area (TPSA) is 46.2 Å². The van der Waals surface area contributed by atoms with Crippen molar-refractivity contribution in [1.82, 2.24) is 5.32 Å². The summed E-state index contributed by atoms with van der Waals surface area (Å²) in [6.45, 7) is 6.02. The highest BCUT2D eigenvalue weighted by Gasteiger charge is 2.16. The van der Waals surface area contributed by atoms with Crippen molar-refractivity contribution in [2.45, 2.75) is 27.2 Å². The van der Waals surface area contributed by atoms with E-state index in [4.69, 9.17) is 0 Å². The average Bonchev–Trinajstić information content (AvgIpc) is 2.24. The lowest BCUT2D eigenvalue weighted by molar-refractivity contribution is -0.122. The van der Waals surface area contributed by atoms with Gasteiger partial charge in [0.15, 0.2) is 5.78 Å². The van der Waals surface area contributed by atoms with E-state index >= 15 is 0 Å². The van der Waals surface area contributed by atoms with Gasteiger partial charge in [0.2, 0.25) is 5.91 Å². The van der Waals surface area contributed by atoms with E-state index in [1.807, 2.05) is 32.9 Å². The van der Waals surface area contributed by atoms with Crippen LogP contribution in [0.4, 0.5) is 0 Å². The molecule has 1 aromatic rings. The van der Waals surface area contributed by atoms with Gasteiger partial charge in [0.1, 0.15) is 0 Å². The van der Waals surface area contributed by atoms with Gasteiger partial charge in [-0.05, 0) is 17.5 Å². The van der Waals surface area contributed by atoms with Gasteiger partial charge in [-0.1, -0.05) is 48.8 Å². The molecule has 1 aromatic carbocycles. The summed E-state index contributed by atoms with van der Waals surface area (Å²) < 4.78 is 0.927. The van der Waals surface area contributed by atoms with E-state index < -0.39 is 0 Å². The highest BCUT2D eigenvalue weighted by atomic mass is 79.9. The van der Waals surface area contributed by atoms with Gasteiger partial charge in [-0.15, -0.1) is 0 Å². The summed E-state index contributed by atoms with van der Waals surface area (Å²) in [5, 5.41) is 2.65. The van der Waals surface area contributed by atoms with Gasteiger partial charge >= 0.3 is 0 Å². The predicted octanol–water partition coefficient (Wildman–Crippen LogP) is 3.18. The maximum Gasteiger partial charge on any atom is 0.220 e. The second-order valence-electron chi connectivity index (χ2n) is 5.44. The summed E-state index contributed by atoms with van der Waals surface area (Å²) >= 11 is 3.31. The van der Waals surface area contributed by atoms with Gasteiger partial charge in [-0.3, -0.25) is 9.59 Å². The molecule has 0 unspecified atom stereocenters. The van der Waals surface area contributed by atoms with Crippen LogP contribution in [0.5, 0.6) is 0 Å². The number of Topliss-reactive ketones (excluding diaryl/α,β-unsaturated/α-hetero) is 1. The number of carbonyl (C=O) groups is 2. The Labute approximate surface area is 116 Å². The van der Waals surface area contributed by atoms with Gasteiger partial charge in [0.25, 0.3) is 0 Å². The molecule has 18 heavy (non-hydrogen) atoms. The maximum atomic E-state index is 11.8. The first-order valence-electron chi connectivity index (χ1n) is 5.83. The normalized spacial score (nSPS) is 11.1. The molecular formula is C14H18BrNO2. The Hall–Kier alpha value is -1.16. The monoisotopic (exact) mass is 311 g/mol. The smallest absolute Gasteiger partial charge is 0.220 e. The van der Waals surface area contributed by atoms with Crippen LogP contribution < -0.4 is 5.32 Å². The van der Waals surface area contributed by atoms with E-state index in [0.717, 1.165) is 4.47 Å².